The average molecular weight is 226 g/mol. The Kier molecular flexibility index (Phi) is 3.90. The molecule has 0 radical (unpaired) electrons. The Morgan fingerprint density at radius 2 is 2.19 bits per heavy atom. The fourth-order valence-electron chi connectivity index (χ4n) is 2.13. The lowest BCUT2D eigenvalue weighted by Gasteiger charge is -2.27. The number of carbonyl (C=O) groups excluding carboxylic acids is 2. The van der Waals surface area contributed by atoms with Gasteiger partial charge in [-0.15, -0.1) is 0 Å². The van der Waals surface area contributed by atoms with E-state index >= 15 is 0 Å². The lowest BCUT2D eigenvalue weighted by atomic mass is 10.0. The Hall–Kier alpha value is -0.940. The summed E-state index contributed by atoms with van der Waals surface area (Å²) in [7, 11) is 0. The third kappa shape index (κ3) is 3.02. The van der Waals surface area contributed by atoms with Crippen molar-refractivity contribution in [1.82, 2.24) is 10.6 Å². The van der Waals surface area contributed by atoms with Crippen LogP contribution in [-0.4, -0.2) is 37.1 Å². The van der Waals surface area contributed by atoms with Crippen LogP contribution in [0.5, 0.6) is 0 Å². The lowest BCUT2D eigenvalue weighted by Crippen LogP contribution is -2.52. The number of nitrogens with one attached hydrogen (secondary N) is 2. The molecule has 2 rings (SSSR count). The van der Waals surface area contributed by atoms with Crippen molar-refractivity contribution in [2.75, 3.05) is 13.2 Å². The standard InChI is InChI=1S/C11H18N2O3/c14-10-5-4-9(11(15)13-10)12-7-8-3-1-2-6-16-8/h8-9,12H,1-7H2,(H,13,14,15). The Bertz CT molecular complexity index is 274. The molecule has 0 aromatic carbocycles. The van der Waals surface area contributed by atoms with Crippen molar-refractivity contribution in [3.05, 3.63) is 0 Å². The molecule has 2 unspecified atom stereocenters. The number of imide groups is 1. The van der Waals surface area contributed by atoms with E-state index in [0.29, 0.717) is 19.4 Å². The van der Waals surface area contributed by atoms with Crippen molar-refractivity contribution < 1.29 is 14.3 Å². The van der Waals surface area contributed by atoms with Gasteiger partial charge in [-0.2, -0.15) is 0 Å². The molecule has 2 N–H and O–H groups in total. The van der Waals surface area contributed by atoms with Gasteiger partial charge in [-0.05, 0) is 25.7 Å². The summed E-state index contributed by atoms with van der Waals surface area (Å²) in [6, 6.07) is -0.233. The summed E-state index contributed by atoms with van der Waals surface area (Å²) in [6.07, 6.45) is 4.63. The van der Waals surface area contributed by atoms with E-state index in [9.17, 15) is 9.59 Å². The van der Waals surface area contributed by atoms with Crippen LogP contribution in [0, 0.1) is 0 Å². The van der Waals surface area contributed by atoms with Crippen molar-refractivity contribution in [3.63, 3.8) is 0 Å². The summed E-state index contributed by atoms with van der Waals surface area (Å²) >= 11 is 0. The monoisotopic (exact) mass is 226 g/mol. The maximum absolute atomic E-state index is 11.4. The molecule has 5 heteroatoms. The molecule has 2 aliphatic rings. The zero-order chi connectivity index (χ0) is 11.4. The molecule has 2 heterocycles. The van der Waals surface area contributed by atoms with Gasteiger partial charge in [0.1, 0.15) is 0 Å². The van der Waals surface area contributed by atoms with Crippen LogP contribution < -0.4 is 10.6 Å². The SMILES string of the molecule is O=C1CCC(NCC2CCCCO2)C(=O)N1. The molecule has 2 fully saturated rings. The van der Waals surface area contributed by atoms with E-state index < -0.39 is 0 Å². The Labute approximate surface area is 94.9 Å². The molecule has 2 saturated heterocycles. The second-order valence-corrected chi connectivity index (χ2v) is 4.40. The van der Waals surface area contributed by atoms with Gasteiger partial charge in [-0.1, -0.05) is 0 Å². The van der Waals surface area contributed by atoms with Gasteiger partial charge >= 0.3 is 0 Å². The molecule has 2 aliphatic heterocycles. The van der Waals surface area contributed by atoms with E-state index in [0.717, 1.165) is 19.4 Å². The first kappa shape index (κ1) is 11.5. The van der Waals surface area contributed by atoms with Crippen LogP contribution in [0.1, 0.15) is 32.1 Å². The van der Waals surface area contributed by atoms with E-state index in [1.54, 1.807) is 0 Å². The summed E-state index contributed by atoms with van der Waals surface area (Å²) in [4.78, 5) is 22.4. The van der Waals surface area contributed by atoms with Crippen molar-refractivity contribution in [2.45, 2.75) is 44.2 Å². The number of hydrogen-bond acceptors (Lipinski definition) is 4. The van der Waals surface area contributed by atoms with E-state index in [-0.39, 0.29) is 24.0 Å². The van der Waals surface area contributed by atoms with Crippen LogP contribution in [0.2, 0.25) is 0 Å². The van der Waals surface area contributed by atoms with Crippen LogP contribution in [0.4, 0.5) is 0 Å². The molecule has 2 amide bonds. The van der Waals surface area contributed by atoms with Gasteiger partial charge in [0.25, 0.3) is 0 Å². The molecule has 0 aromatic rings. The second kappa shape index (κ2) is 5.41. The highest BCUT2D eigenvalue weighted by Crippen LogP contribution is 2.12. The average Bonchev–Trinajstić information content (AvgIpc) is 2.29. The van der Waals surface area contributed by atoms with E-state index in [1.165, 1.54) is 6.42 Å². The van der Waals surface area contributed by atoms with Crippen LogP contribution >= 0.6 is 0 Å². The zero-order valence-electron chi connectivity index (χ0n) is 9.33. The second-order valence-electron chi connectivity index (χ2n) is 4.40. The van der Waals surface area contributed by atoms with Gasteiger partial charge in [0.05, 0.1) is 12.1 Å². The van der Waals surface area contributed by atoms with Crippen molar-refractivity contribution >= 4 is 11.8 Å². The summed E-state index contributed by atoms with van der Waals surface area (Å²) in [5.41, 5.74) is 0. The number of hydrogen-bond donors (Lipinski definition) is 2. The molecule has 0 saturated carbocycles. The summed E-state index contributed by atoms with van der Waals surface area (Å²) < 4.78 is 5.56. The predicted octanol–water partition coefficient (Wildman–Crippen LogP) is -0.0497. The molecule has 90 valence electrons. The first-order valence-electron chi connectivity index (χ1n) is 5.94. The number of rotatable bonds is 3. The quantitative estimate of drug-likeness (QED) is 0.662. The Morgan fingerprint density at radius 3 is 2.88 bits per heavy atom. The highest BCUT2D eigenvalue weighted by atomic mass is 16.5. The topological polar surface area (TPSA) is 67.4 Å². The Balaban J connectivity index is 1.72. The van der Waals surface area contributed by atoms with Crippen LogP contribution in [0.15, 0.2) is 0 Å². The first-order chi connectivity index (χ1) is 7.75. The number of carbonyl (C=O) groups is 2. The van der Waals surface area contributed by atoms with Gasteiger partial charge < -0.3 is 10.1 Å². The number of piperidine rings is 1. The molecular formula is C11H18N2O3. The molecule has 0 aromatic heterocycles. The maximum Gasteiger partial charge on any atom is 0.243 e. The minimum atomic E-state index is -0.233. The zero-order valence-corrected chi connectivity index (χ0v) is 9.33. The van der Waals surface area contributed by atoms with E-state index in [2.05, 4.69) is 10.6 Å². The minimum Gasteiger partial charge on any atom is -0.377 e. The molecule has 16 heavy (non-hydrogen) atoms. The minimum absolute atomic E-state index is 0.169. The van der Waals surface area contributed by atoms with Gasteiger partial charge in [0, 0.05) is 19.6 Å². The summed E-state index contributed by atoms with van der Waals surface area (Å²) in [5, 5.41) is 5.51. The molecule has 2 atom stereocenters. The van der Waals surface area contributed by atoms with Crippen molar-refractivity contribution in [3.8, 4) is 0 Å². The fourth-order valence-corrected chi connectivity index (χ4v) is 2.13. The smallest absolute Gasteiger partial charge is 0.243 e. The lowest BCUT2D eigenvalue weighted by molar-refractivity contribution is -0.134. The maximum atomic E-state index is 11.4. The van der Waals surface area contributed by atoms with E-state index in [1.807, 2.05) is 0 Å². The van der Waals surface area contributed by atoms with Crippen molar-refractivity contribution in [2.24, 2.45) is 0 Å². The number of ether oxygens (including phenoxy) is 1. The molecule has 0 aliphatic carbocycles. The van der Waals surface area contributed by atoms with Crippen molar-refractivity contribution in [1.29, 1.82) is 0 Å². The normalized spacial score (nSPS) is 31.2. The molecule has 0 bridgehead atoms. The van der Waals surface area contributed by atoms with Gasteiger partial charge in [-0.3, -0.25) is 14.9 Å². The largest absolute Gasteiger partial charge is 0.377 e. The highest BCUT2D eigenvalue weighted by molar-refractivity contribution is 6.00. The van der Waals surface area contributed by atoms with E-state index in [4.69, 9.17) is 4.74 Å². The van der Waals surface area contributed by atoms with Gasteiger partial charge in [0.15, 0.2) is 0 Å². The van der Waals surface area contributed by atoms with Crippen LogP contribution in [0.25, 0.3) is 0 Å². The third-order valence-corrected chi connectivity index (χ3v) is 3.11. The first-order valence-corrected chi connectivity index (χ1v) is 5.94. The number of amides is 2. The Morgan fingerprint density at radius 1 is 1.31 bits per heavy atom. The summed E-state index contributed by atoms with van der Waals surface area (Å²) in [6.45, 7) is 1.52. The predicted molar refractivity (Wildman–Crippen MR) is 57.8 cm³/mol. The van der Waals surface area contributed by atoms with Gasteiger partial charge in [0.2, 0.25) is 11.8 Å². The third-order valence-electron chi connectivity index (χ3n) is 3.11. The molecule has 5 nitrogen and oxygen atoms in total. The van der Waals surface area contributed by atoms with Gasteiger partial charge in [-0.25, -0.2) is 0 Å². The fraction of sp³-hybridized carbons (Fsp3) is 0.818. The molecular weight excluding hydrogens is 208 g/mol. The van der Waals surface area contributed by atoms with Crippen LogP contribution in [-0.2, 0) is 14.3 Å². The molecule has 0 spiro atoms. The highest BCUT2D eigenvalue weighted by Gasteiger charge is 2.27. The van der Waals surface area contributed by atoms with Crippen LogP contribution in [0.3, 0.4) is 0 Å². The summed E-state index contributed by atoms with van der Waals surface area (Å²) in [5.74, 6) is -0.371.